The number of carbonyl (C=O) groups is 1. The van der Waals surface area contributed by atoms with E-state index >= 15 is 0 Å². The Morgan fingerprint density at radius 2 is 1.93 bits per heavy atom. The van der Waals surface area contributed by atoms with Gasteiger partial charge in [0.05, 0.1) is 0 Å². The van der Waals surface area contributed by atoms with Crippen molar-refractivity contribution in [1.82, 2.24) is 4.98 Å². The summed E-state index contributed by atoms with van der Waals surface area (Å²) in [7, 11) is 0. The van der Waals surface area contributed by atoms with Crippen LogP contribution in [0.2, 0.25) is 0 Å². The number of nitrogens with zero attached hydrogens (tertiary/aromatic N) is 1. The van der Waals surface area contributed by atoms with Gasteiger partial charge in [-0.2, -0.15) is 0 Å². The molecule has 0 radical (unpaired) electrons. The Hall–Kier alpha value is -4.00. The van der Waals surface area contributed by atoms with Crippen LogP contribution in [0.4, 0.5) is 0 Å². The van der Waals surface area contributed by atoms with E-state index in [2.05, 4.69) is 10.1 Å². The average molecular weight is 390 g/mol. The molecule has 0 aliphatic heterocycles. The number of rotatable bonds is 7. The van der Waals surface area contributed by atoms with E-state index in [1.807, 2.05) is 48.5 Å². The monoisotopic (exact) mass is 390 g/mol. The first-order chi connectivity index (χ1) is 14.2. The number of nitrogens with one attached hydrogen (secondary N) is 1. The SMILES string of the molecule is O=C(OCc1ccc(/C=N/O)o1)c1cc2ccc(OCc3ccccc3)cc2[nH]1. The first-order valence-electron chi connectivity index (χ1n) is 8.94. The van der Waals surface area contributed by atoms with Gasteiger partial charge in [0.2, 0.25) is 0 Å². The van der Waals surface area contributed by atoms with Crippen LogP contribution in [0.1, 0.15) is 27.6 Å². The highest BCUT2D eigenvalue weighted by atomic mass is 16.5. The lowest BCUT2D eigenvalue weighted by atomic mass is 10.2. The smallest absolute Gasteiger partial charge is 0.355 e. The van der Waals surface area contributed by atoms with Gasteiger partial charge in [-0.3, -0.25) is 0 Å². The van der Waals surface area contributed by atoms with E-state index < -0.39 is 5.97 Å². The number of fused-ring (bicyclic) bond motifs is 1. The molecule has 4 aromatic rings. The Labute approximate surface area is 166 Å². The van der Waals surface area contributed by atoms with Crippen LogP contribution >= 0.6 is 0 Å². The molecule has 2 aromatic heterocycles. The second-order valence-corrected chi connectivity index (χ2v) is 6.33. The molecule has 0 aliphatic carbocycles. The van der Waals surface area contributed by atoms with Gasteiger partial charge in [-0.1, -0.05) is 35.5 Å². The van der Waals surface area contributed by atoms with Crippen LogP contribution in [0.25, 0.3) is 10.9 Å². The first-order valence-corrected chi connectivity index (χ1v) is 8.94. The highest BCUT2D eigenvalue weighted by Crippen LogP contribution is 2.23. The van der Waals surface area contributed by atoms with Crippen LogP contribution < -0.4 is 4.74 Å². The van der Waals surface area contributed by atoms with E-state index in [1.54, 1.807) is 18.2 Å². The molecule has 0 saturated carbocycles. The van der Waals surface area contributed by atoms with Crippen molar-refractivity contribution in [3.05, 3.63) is 89.5 Å². The van der Waals surface area contributed by atoms with Gasteiger partial charge < -0.3 is 24.1 Å². The zero-order valence-electron chi connectivity index (χ0n) is 15.4. The average Bonchev–Trinajstić information content (AvgIpc) is 3.38. The molecule has 0 spiro atoms. The van der Waals surface area contributed by atoms with Crippen LogP contribution in [0.3, 0.4) is 0 Å². The molecule has 2 heterocycles. The summed E-state index contributed by atoms with van der Waals surface area (Å²) < 4.78 is 16.4. The number of hydrogen-bond acceptors (Lipinski definition) is 6. The van der Waals surface area contributed by atoms with Crippen molar-refractivity contribution < 1.29 is 23.9 Å². The Kier molecular flexibility index (Phi) is 5.29. The molecule has 146 valence electrons. The van der Waals surface area contributed by atoms with Crippen molar-refractivity contribution in [2.45, 2.75) is 13.2 Å². The lowest BCUT2D eigenvalue weighted by Crippen LogP contribution is -2.05. The van der Waals surface area contributed by atoms with Gasteiger partial charge in [0.1, 0.15) is 42.4 Å². The molecule has 4 rings (SSSR count). The third kappa shape index (κ3) is 4.47. The molecule has 2 aromatic carbocycles. The maximum Gasteiger partial charge on any atom is 0.355 e. The van der Waals surface area contributed by atoms with Crippen molar-refractivity contribution in [3.8, 4) is 5.75 Å². The molecule has 2 N–H and O–H groups in total. The number of aromatic amines is 1. The third-order valence-electron chi connectivity index (χ3n) is 4.28. The number of furan rings is 1. The van der Waals surface area contributed by atoms with E-state index in [0.29, 0.717) is 29.6 Å². The highest BCUT2D eigenvalue weighted by molar-refractivity contribution is 5.95. The maximum absolute atomic E-state index is 12.3. The first kappa shape index (κ1) is 18.4. The summed E-state index contributed by atoms with van der Waals surface area (Å²) in [5.74, 6) is 1.02. The van der Waals surface area contributed by atoms with Gasteiger partial charge in [-0.25, -0.2) is 4.79 Å². The van der Waals surface area contributed by atoms with E-state index in [4.69, 9.17) is 19.1 Å². The van der Waals surface area contributed by atoms with Crippen molar-refractivity contribution in [1.29, 1.82) is 0 Å². The summed E-state index contributed by atoms with van der Waals surface area (Å²) in [6.07, 6.45) is 1.15. The maximum atomic E-state index is 12.3. The molecule has 0 amide bonds. The summed E-state index contributed by atoms with van der Waals surface area (Å²) in [6, 6.07) is 20.5. The van der Waals surface area contributed by atoms with E-state index in [9.17, 15) is 4.79 Å². The van der Waals surface area contributed by atoms with Gasteiger partial charge in [-0.05, 0) is 35.9 Å². The molecule has 0 atom stereocenters. The highest BCUT2D eigenvalue weighted by Gasteiger charge is 2.13. The summed E-state index contributed by atoms with van der Waals surface area (Å²) in [6.45, 7) is 0.437. The number of oxime groups is 1. The number of H-pyrrole nitrogens is 1. The molecule has 0 saturated heterocycles. The topological polar surface area (TPSA) is 97.1 Å². The number of esters is 1. The molecular formula is C22H18N2O5. The Balaban J connectivity index is 1.40. The van der Waals surface area contributed by atoms with Crippen molar-refractivity contribution in [2.75, 3.05) is 0 Å². The Morgan fingerprint density at radius 1 is 1.07 bits per heavy atom. The fraction of sp³-hybridized carbons (Fsp3) is 0.0909. The van der Waals surface area contributed by atoms with E-state index in [0.717, 1.165) is 22.7 Å². The number of carbonyl (C=O) groups excluding carboxylic acids is 1. The minimum atomic E-state index is -0.498. The molecule has 7 heteroatoms. The zero-order chi connectivity index (χ0) is 20.1. The van der Waals surface area contributed by atoms with E-state index in [1.165, 1.54) is 0 Å². The van der Waals surface area contributed by atoms with Gasteiger partial charge in [0.15, 0.2) is 0 Å². The molecule has 0 aliphatic rings. The fourth-order valence-electron chi connectivity index (χ4n) is 2.86. The fourth-order valence-corrected chi connectivity index (χ4v) is 2.86. The molecule has 7 nitrogen and oxygen atoms in total. The van der Waals surface area contributed by atoms with Crippen LogP contribution in [-0.4, -0.2) is 22.4 Å². The molecule has 0 bridgehead atoms. The van der Waals surface area contributed by atoms with Crippen LogP contribution in [0, 0.1) is 0 Å². The lowest BCUT2D eigenvalue weighted by molar-refractivity contribution is 0.0439. The molecule has 0 fully saturated rings. The summed E-state index contributed by atoms with van der Waals surface area (Å²) in [5, 5.41) is 12.2. The minimum Gasteiger partial charge on any atom is -0.489 e. The molecule has 29 heavy (non-hydrogen) atoms. The Morgan fingerprint density at radius 3 is 2.76 bits per heavy atom. The summed E-state index contributed by atoms with van der Waals surface area (Å²) >= 11 is 0. The predicted octanol–water partition coefficient (Wildman–Crippen LogP) is 4.51. The number of benzene rings is 2. The third-order valence-corrected chi connectivity index (χ3v) is 4.28. The zero-order valence-corrected chi connectivity index (χ0v) is 15.4. The van der Waals surface area contributed by atoms with Crippen LogP contribution in [-0.2, 0) is 18.0 Å². The quantitative estimate of drug-likeness (QED) is 0.209. The summed E-state index contributed by atoms with van der Waals surface area (Å²) in [4.78, 5) is 15.4. The van der Waals surface area contributed by atoms with Crippen molar-refractivity contribution in [2.24, 2.45) is 5.16 Å². The van der Waals surface area contributed by atoms with Crippen LogP contribution in [0.15, 0.2) is 76.3 Å². The van der Waals surface area contributed by atoms with Crippen molar-refractivity contribution in [3.63, 3.8) is 0 Å². The predicted molar refractivity (Wildman–Crippen MR) is 106 cm³/mol. The number of hydrogen-bond donors (Lipinski definition) is 2. The second kappa shape index (κ2) is 8.35. The van der Waals surface area contributed by atoms with Gasteiger partial charge in [-0.15, -0.1) is 0 Å². The van der Waals surface area contributed by atoms with Gasteiger partial charge in [0.25, 0.3) is 0 Å². The largest absolute Gasteiger partial charge is 0.489 e. The number of ether oxygens (including phenoxy) is 2. The van der Waals surface area contributed by atoms with Crippen molar-refractivity contribution >= 4 is 23.1 Å². The Bertz CT molecular complexity index is 1140. The van der Waals surface area contributed by atoms with Gasteiger partial charge in [0, 0.05) is 17.0 Å². The second-order valence-electron chi connectivity index (χ2n) is 6.33. The standard InChI is InChI=1S/C22H18N2O5/c25-22(28-14-19-9-8-18(29-19)12-23-26)21-10-16-6-7-17(11-20(16)24-21)27-13-15-4-2-1-3-5-15/h1-12,24,26H,13-14H2/b23-12+. The van der Waals surface area contributed by atoms with Crippen LogP contribution in [0.5, 0.6) is 5.75 Å². The normalized spacial score (nSPS) is 11.2. The molecular weight excluding hydrogens is 372 g/mol. The number of aromatic nitrogens is 1. The minimum absolute atomic E-state index is 0.0289. The lowest BCUT2D eigenvalue weighted by Gasteiger charge is -2.06. The van der Waals surface area contributed by atoms with E-state index in [-0.39, 0.29) is 6.61 Å². The summed E-state index contributed by atoms with van der Waals surface area (Å²) in [5.41, 5.74) is 2.19. The van der Waals surface area contributed by atoms with Gasteiger partial charge >= 0.3 is 5.97 Å². The molecule has 0 unspecified atom stereocenters.